The first-order valence-electron chi connectivity index (χ1n) is 10.9. The fraction of sp³-hybridized carbons (Fsp3) is 0.111. The highest BCUT2D eigenvalue weighted by molar-refractivity contribution is 6.04. The molecule has 0 fully saturated rings. The Bertz CT molecular complexity index is 1620. The van der Waals surface area contributed by atoms with Crippen LogP contribution in [-0.4, -0.2) is 30.1 Å². The van der Waals surface area contributed by atoms with Crippen LogP contribution in [0.15, 0.2) is 73.4 Å². The van der Waals surface area contributed by atoms with Gasteiger partial charge in [-0.3, -0.25) is 4.79 Å². The van der Waals surface area contributed by atoms with E-state index in [4.69, 9.17) is 0 Å². The van der Waals surface area contributed by atoms with Crippen molar-refractivity contribution in [3.05, 3.63) is 107 Å². The second kappa shape index (κ2) is 9.23. The van der Waals surface area contributed by atoms with Crippen LogP contribution in [0.4, 0.5) is 10.1 Å². The monoisotopic (exact) mass is 464 g/mol. The normalized spacial score (nSPS) is 10.7. The van der Waals surface area contributed by atoms with E-state index in [1.807, 2.05) is 38.2 Å². The predicted octanol–water partition coefficient (Wildman–Crippen LogP) is 4.65. The SMILES string of the molecule is Cc1cn(-c2cc(CF)cc(NC(=O)c3ccc(C)c(C#Cc4cnc5cccnn45)c3)c2)cn1. The summed E-state index contributed by atoms with van der Waals surface area (Å²) in [6.07, 6.45) is 6.83. The molecule has 0 aliphatic carbocycles. The number of imidazole rings is 2. The number of alkyl halides is 1. The number of nitrogens with zero attached hydrogens (tertiary/aromatic N) is 5. The lowest BCUT2D eigenvalue weighted by Crippen LogP contribution is -2.13. The van der Waals surface area contributed by atoms with Crippen LogP contribution in [-0.2, 0) is 6.67 Å². The zero-order valence-corrected chi connectivity index (χ0v) is 19.2. The predicted molar refractivity (Wildman–Crippen MR) is 131 cm³/mol. The highest BCUT2D eigenvalue weighted by Gasteiger charge is 2.11. The van der Waals surface area contributed by atoms with Crippen LogP contribution >= 0.6 is 0 Å². The molecule has 0 spiro atoms. The van der Waals surface area contributed by atoms with Crippen LogP contribution in [0.2, 0.25) is 0 Å². The Morgan fingerprint density at radius 3 is 2.77 bits per heavy atom. The minimum absolute atomic E-state index is 0.312. The fourth-order valence-corrected chi connectivity index (χ4v) is 3.68. The lowest BCUT2D eigenvalue weighted by Gasteiger charge is -2.11. The minimum Gasteiger partial charge on any atom is -0.322 e. The Kier molecular flexibility index (Phi) is 5.81. The van der Waals surface area contributed by atoms with E-state index in [9.17, 15) is 9.18 Å². The third-order valence-corrected chi connectivity index (χ3v) is 5.50. The Balaban J connectivity index is 1.42. The molecule has 0 aliphatic heterocycles. The van der Waals surface area contributed by atoms with Gasteiger partial charge in [-0.2, -0.15) is 5.10 Å². The van der Waals surface area contributed by atoms with Gasteiger partial charge in [-0.25, -0.2) is 18.9 Å². The zero-order valence-electron chi connectivity index (χ0n) is 19.2. The molecule has 0 radical (unpaired) electrons. The smallest absolute Gasteiger partial charge is 0.255 e. The van der Waals surface area contributed by atoms with Gasteiger partial charge in [-0.1, -0.05) is 12.0 Å². The first-order valence-corrected chi connectivity index (χ1v) is 10.9. The lowest BCUT2D eigenvalue weighted by molar-refractivity contribution is 0.102. The molecule has 0 bridgehead atoms. The quantitative estimate of drug-likeness (QED) is 0.393. The standard InChI is InChI=1S/C27H21FN6O/c1-18-5-6-22(12-21(18)7-8-24-15-29-26-4-3-9-31-34(24)26)27(35)32-23-10-20(14-28)11-25(13-23)33-16-19(2)30-17-33/h3-6,9-13,15-17H,14H2,1-2H3,(H,32,35). The van der Waals surface area contributed by atoms with Gasteiger partial charge < -0.3 is 9.88 Å². The molecule has 0 atom stereocenters. The maximum atomic E-state index is 13.5. The molecule has 8 heteroatoms. The number of hydrogen-bond acceptors (Lipinski definition) is 4. The molecule has 1 amide bonds. The van der Waals surface area contributed by atoms with E-state index < -0.39 is 6.67 Å². The van der Waals surface area contributed by atoms with Crippen molar-refractivity contribution < 1.29 is 9.18 Å². The first kappa shape index (κ1) is 22.0. The van der Waals surface area contributed by atoms with Crippen molar-refractivity contribution in [1.29, 1.82) is 0 Å². The Morgan fingerprint density at radius 2 is 1.97 bits per heavy atom. The van der Waals surface area contributed by atoms with Gasteiger partial charge in [0.2, 0.25) is 0 Å². The van der Waals surface area contributed by atoms with Crippen LogP contribution in [0.25, 0.3) is 11.3 Å². The number of rotatable bonds is 4. The summed E-state index contributed by atoms with van der Waals surface area (Å²) in [5, 5.41) is 7.15. The van der Waals surface area contributed by atoms with Gasteiger partial charge >= 0.3 is 0 Å². The summed E-state index contributed by atoms with van der Waals surface area (Å²) in [4.78, 5) is 21.5. The van der Waals surface area contributed by atoms with E-state index in [1.165, 1.54) is 0 Å². The van der Waals surface area contributed by atoms with Gasteiger partial charge in [0.15, 0.2) is 5.65 Å². The molecule has 172 valence electrons. The molecule has 0 unspecified atom stereocenters. The van der Waals surface area contributed by atoms with Crippen molar-refractivity contribution in [1.82, 2.24) is 24.1 Å². The number of aromatic nitrogens is 5. The molecule has 3 heterocycles. The van der Waals surface area contributed by atoms with Crippen molar-refractivity contribution in [2.75, 3.05) is 5.32 Å². The van der Waals surface area contributed by atoms with E-state index in [-0.39, 0.29) is 5.91 Å². The molecule has 0 aliphatic rings. The number of nitrogens with one attached hydrogen (secondary N) is 1. The Morgan fingerprint density at radius 1 is 1.09 bits per heavy atom. The Hall–Kier alpha value is -4.77. The number of anilines is 1. The molecule has 0 saturated heterocycles. The highest BCUT2D eigenvalue weighted by atomic mass is 19.1. The Labute approximate surface area is 201 Å². The van der Waals surface area contributed by atoms with Crippen LogP contribution in [0.1, 0.15) is 38.4 Å². The number of hydrogen-bond donors (Lipinski definition) is 1. The van der Waals surface area contributed by atoms with E-state index in [2.05, 4.69) is 32.2 Å². The van der Waals surface area contributed by atoms with Crippen molar-refractivity contribution in [3.8, 4) is 17.5 Å². The number of benzene rings is 2. The second-order valence-corrected chi connectivity index (χ2v) is 8.12. The van der Waals surface area contributed by atoms with E-state index in [0.717, 1.165) is 16.8 Å². The maximum Gasteiger partial charge on any atom is 0.255 e. The molecular weight excluding hydrogens is 443 g/mol. The summed E-state index contributed by atoms with van der Waals surface area (Å²) < 4.78 is 17.0. The summed E-state index contributed by atoms with van der Waals surface area (Å²) in [6, 6.07) is 14.1. The third-order valence-electron chi connectivity index (χ3n) is 5.50. The maximum absolute atomic E-state index is 13.5. The van der Waals surface area contributed by atoms with Crippen LogP contribution in [0.3, 0.4) is 0 Å². The van der Waals surface area contributed by atoms with Crippen LogP contribution in [0.5, 0.6) is 0 Å². The second-order valence-electron chi connectivity index (χ2n) is 8.12. The van der Waals surface area contributed by atoms with Crippen LogP contribution in [0, 0.1) is 25.7 Å². The molecule has 5 aromatic rings. The minimum atomic E-state index is -0.646. The number of amides is 1. The van der Waals surface area contributed by atoms with E-state index in [1.54, 1.807) is 58.1 Å². The fourth-order valence-electron chi connectivity index (χ4n) is 3.68. The lowest BCUT2D eigenvalue weighted by atomic mass is 10.0. The van der Waals surface area contributed by atoms with Gasteiger partial charge in [0, 0.05) is 34.9 Å². The molecule has 1 N–H and O–H groups in total. The summed E-state index contributed by atoms with van der Waals surface area (Å²) in [6.45, 7) is 3.16. The molecule has 2 aromatic carbocycles. The summed E-state index contributed by atoms with van der Waals surface area (Å²) in [5.41, 5.74) is 5.98. The number of aryl methyl sites for hydroxylation is 2. The highest BCUT2D eigenvalue weighted by Crippen LogP contribution is 2.21. The third kappa shape index (κ3) is 4.66. The number of carbonyl (C=O) groups excluding carboxylic acids is 1. The summed E-state index contributed by atoms with van der Waals surface area (Å²) in [5.74, 6) is 5.90. The molecule has 35 heavy (non-hydrogen) atoms. The van der Waals surface area contributed by atoms with Gasteiger partial charge in [0.1, 0.15) is 12.4 Å². The molecule has 5 rings (SSSR count). The van der Waals surface area contributed by atoms with Crippen molar-refractivity contribution in [2.24, 2.45) is 0 Å². The number of halogens is 1. The van der Waals surface area contributed by atoms with E-state index in [0.29, 0.717) is 33.8 Å². The van der Waals surface area contributed by atoms with E-state index >= 15 is 0 Å². The van der Waals surface area contributed by atoms with Crippen LogP contribution < -0.4 is 5.32 Å². The summed E-state index contributed by atoms with van der Waals surface area (Å²) in [7, 11) is 0. The van der Waals surface area contributed by atoms with Gasteiger partial charge in [0.25, 0.3) is 5.91 Å². The molecule has 0 saturated carbocycles. The van der Waals surface area contributed by atoms with Crippen molar-refractivity contribution in [3.63, 3.8) is 0 Å². The van der Waals surface area contributed by atoms with Crippen molar-refractivity contribution in [2.45, 2.75) is 20.5 Å². The first-order chi connectivity index (χ1) is 17.0. The number of carbonyl (C=O) groups is 1. The zero-order chi connectivity index (χ0) is 24.4. The molecule has 3 aromatic heterocycles. The van der Waals surface area contributed by atoms with Gasteiger partial charge in [-0.05, 0) is 73.4 Å². The van der Waals surface area contributed by atoms with Crippen molar-refractivity contribution >= 4 is 17.2 Å². The van der Waals surface area contributed by atoms with Gasteiger partial charge in [0.05, 0.1) is 18.2 Å². The molecular formula is C27H21FN6O. The topological polar surface area (TPSA) is 77.1 Å². The average molecular weight is 465 g/mol. The average Bonchev–Trinajstić information content (AvgIpc) is 3.49. The number of fused-ring (bicyclic) bond motifs is 1. The summed E-state index contributed by atoms with van der Waals surface area (Å²) >= 11 is 0. The molecule has 7 nitrogen and oxygen atoms in total. The van der Waals surface area contributed by atoms with Gasteiger partial charge in [-0.15, -0.1) is 0 Å². The largest absolute Gasteiger partial charge is 0.322 e.